The number of aryl methyl sites for hydroxylation is 1. The van der Waals surface area contributed by atoms with Crippen molar-refractivity contribution < 1.29 is 22.0 Å². The van der Waals surface area contributed by atoms with Crippen molar-refractivity contribution in [1.82, 2.24) is 24.1 Å². The molecule has 3 fully saturated rings. The molecule has 260 valence electrons. The molecule has 4 heterocycles. The number of likely N-dealkylation sites (tertiary alicyclic amines) is 1. The topological polar surface area (TPSA) is 87.5 Å². The van der Waals surface area contributed by atoms with Crippen LogP contribution in [0.4, 0.5) is 8.78 Å². The van der Waals surface area contributed by atoms with E-state index in [0.29, 0.717) is 44.1 Å². The quantitative estimate of drug-likeness (QED) is 0.210. The summed E-state index contributed by atoms with van der Waals surface area (Å²) in [5, 5.41) is 0. The number of para-hydroxylation sites is 2. The third-order valence-corrected chi connectivity index (χ3v) is 12.9. The van der Waals surface area contributed by atoms with Gasteiger partial charge in [-0.05, 0) is 108 Å². The van der Waals surface area contributed by atoms with E-state index in [1.807, 2.05) is 24.3 Å². The van der Waals surface area contributed by atoms with Crippen LogP contribution >= 0.6 is 0 Å². The number of fused-ring (bicyclic) bond motifs is 3. The van der Waals surface area contributed by atoms with Crippen LogP contribution in [0, 0.1) is 18.6 Å². The van der Waals surface area contributed by atoms with Gasteiger partial charge in [0.25, 0.3) is 5.91 Å². The fraction of sp³-hybridized carbons (Fsp3) is 0.474. The molecule has 1 N–H and O–H groups in total. The summed E-state index contributed by atoms with van der Waals surface area (Å²) in [6.45, 7) is 6.90. The van der Waals surface area contributed by atoms with E-state index in [-0.39, 0.29) is 5.41 Å². The number of amides is 1. The van der Waals surface area contributed by atoms with E-state index in [2.05, 4.69) is 51.4 Å². The van der Waals surface area contributed by atoms with Crippen molar-refractivity contribution in [2.75, 3.05) is 19.6 Å². The summed E-state index contributed by atoms with van der Waals surface area (Å²) in [7, 11) is -4.27. The lowest BCUT2D eigenvalue weighted by Gasteiger charge is -2.45. The lowest BCUT2D eigenvalue weighted by molar-refractivity contribution is 0.0598. The van der Waals surface area contributed by atoms with Gasteiger partial charge >= 0.3 is 0 Å². The highest BCUT2D eigenvalue weighted by atomic mass is 32.2. The lowest BCUT2D eigenvalue weighted by atomic mass is 9.70. The van der Waals surface area contributed by atoms with E-state index in [1.165, 1.54) is 28.8 Å². The predicted molar refractivity (Wildman–Crippen MR) is 186 cm³/mol. The molecule has 49 heavy (non-hydrogen) atoms. The van der Waals surface area contributed by atoms with E-state index in [0.717, 1.165) is 49.3 Å². The van der Waals surface area contributed by atoms with Gasteiger partial charge in [0.1, 0.15) is 22.1 Å². The zero-order chi connectivity index (χ0) is 34.5. The van der Waals surface area contributed by atoms with Gasteiger partial charge in [-0.15, -0.1) is 0 Å². The minimum absolute atomic E-state index is 0.199. The van der Waals surface area contributed by atoms with E-state index >= 15 is 8.78 Å². The van der Waals surface area contributed by atoms with Crippen LogP contribution in [0.5, 0.6) is 0 Å². The summed E-state index contributed by atoms with van der Waals surface area (Å²) in [6.07, 6.45) is 6.77. The molecule has 3 saturated heterocycles. The van der Waals surface area contributed by atoms with Crippen molar-refractivity contribution in [2.45, 2.75) is 100 Å². The van der Waals surface area contributed by atoms with Crippen molar-refractivity contribution in [1.29, 1.82) is 0 Å². The van der Waals surface area contributed by atoms with Gasteiger partial charge in [-0.3, -0.25) is 9.69 Å². The van der Waals surface area contributed by atoms with Gasteiger partial charge in [-0.1, -0.05) is 42.5 Å². The highest BCUT2D eigenvalue weighted by Gasteiger charge is 2.44. The van der Waals surface area contributed by atoms with Crippen LogP contribution in [-0.2, 0) is 15.4 Å². The van der Waals surface area contributed by atoms with Crippen LogP contribution < -0.4 is 4.72 Å². The summed E-state index contributed by atoms with van der Waals surface area (Å²) in [5.41, 5.74) is 2.46. The Labute approximate surface area is 287 Å². The fourth-order valence-corrected chi connectivity index (χ4v) is 10.2. The molecule has 3 aliphatic heterocycles. The summed E-state index contributed by atoms with van der Waals surface area (Å²) >= 11 is 0. The number of hydrogen-bond acceptors (Lipinski definition) is 5. The molecule has 2 unspecified atom stereocenters. The molecular weight excluding hydrogens is 645 g/mol. The maximum atomic E-state index is 15.6. The maximum absolute atomic E-state index is 15.6. The van der Waals surface area contributed by atoms with Gasteiger partial charge in [0.05, 0.1) is 11.0 Å². The Balaban J connectivity index is 1.07. The largest absolute Gasteiger partial charge is 0.338 e. The second-order valence-electron chi connectivity index (χ2n) is 14.5. The SMILES string of the molecule is Cc1nc2ccccc2n1C1CC2CCC(C1)N2CCC1(c2ccccc2)CCN(C(=O)c2c(F)ccc(S(=O)(=O)NC(C)C)c2F)CC1. The van der Waals surface area contributed by atoms with Crippen LogP contribution in [0.1, 0.15) is 86.6 Å². The van der Waals surface area contributed by atoms with Crippen molar-refractivity contribution >= 4 is 27.0 Å². The van der Waals surface area contributed by atoms with Gasteiger partial charge in [-0.2, -0.15) is 0 Å². The molecule has 8 nitrogen and oxygen atoms in total. The predicted octanol–water partition coefficient (Wildman–Crippen LogP) is 6.74. The number of benzene rings is 3. The molecule has 2 bridgehead atoms. The van der Waals surface area contributed by atoms with Crippen LogP contribution in [0.15, 0.2) is 71.6 Å². The van der Waals surface area contributed by atoms with Crippen molar-refractivity contribution in [3.63, 3.8) is 0 Å². The lowest BCUT2D eigenvalue weighted by Crippen LogP contribution is -2.49. The van der Waals surface area contributed by atoms with E-state index in [9.17, 15) is 13.2 Å². The molecule has 1 amide bonds. The highest BCUT2D eigenvalue weighted by molar-refractivity contribution is 7.89. The van der Waals surface area contributed by atoms with Crippen molar-refractivity contribution in [3.05, 3.63) is 95.3 Å². The Kier molecular flexibility index (Phi) is 9.13. The summed E-state index contributed by atoms with van der Waals surface area (Å²) in [6, 6.07) is 21.5. The minimum Gasteiger partial charge on any atom is -0.338 e. The van der Waals surface area contributed by atoms with Crippen molar-refractivity contribution in [3.8, 4) is 0 Å². The molecule has 0 spiro atoms. The molecule has 2 atom stereocenters. The standard InChI is InChI=1S/C38H45F2N5O3S/c1-25(2)42-49(47,48)34-16-15-31(39)35(36(34)40)37(46)43-20-17-38(18-21-43,27-9-5-4-6-10-27)19-22-44-28-13-14-29(44)24-30(23-28)45-26(3)41-32-11-7-8-12-33(32)45/h4-12,15-16,25,28-30,42H,13-14,17-24H2,1-3H3. The Morgan fingerprint density at radius 1 is 0.939 bits per heavy atom. The molecule has 3 aromatic carbocycles. The number of imidazole rings is 1. The Hall–Kier alpha value is -3.67. The Morgan fingerprint density at radius 3 is 2.27 bits per heavy atom. The molecule has 0 radical (unpaired) electrons. The molecular formula is C38H45F2N5O3S. The maximum Gasteiger partial charge on any atom is 0.259 e. The zero-order valence-corrected chi connectivity index (χ0v) is 29.2. The average molecular weight is 690 g/mol. The second-order valence-corrected chi connectivity index (χ2v) is 16.1. The third kappa shape index (κ3) is 6.30. The number of hydrogen-bond donors (Lipinski definition) is 1. The first-order valence-corrected chi connectivity index (χ1v) is 19.0. The van der Waals surface area contributed by atoms with Gasteiger partial charge in [-0.25, -0.2) is 26.9 Å². The first-order chi connectivity index (χ1) is 23.5. The van der Waals surface area contributed by atoms with Gasteiger partial charge in [0.2, 0.25) is 10.0 Å². The zero-order valence-electron chi connectivity index (χ0n) is 28.4. The minimum atomic E-state index is -4.27. The number of nitrogens with zero attached hydrogens (tertiary/aromatic N) is 4. The Bertz CT molecular complexity index is 1940. The monoisotopic (exact) mass is 689 g/mol. The fourth-order valence-electron chi connectivity index (χ4n) is 8.87. The third-order valence-electron chi connectivity index (χ3n) is 11.2. The number of carbonyl (C=O) groups excluding carboxylic acids is 1. The molecule has 0 saturated carbocycles. The van der Waals surface area contributed by atoms with Gasteiger partial charge in [0.15, 0.2) is 5.82 Å². The summed E-state index contributed by atoms with van der Waals surface area (Å²) < 4.78 is 60.9. The van der Waals surface area contributed by atoms with Gasteiger partial charge in [0, 0.05) is 37.3 Å². The number of nitrogens with one attached hydrogen (secondary N) is 1. The summed E-state index contributed by atoms with van der Waals surface area (Å²) in [4.78, 5) is 21.9. The highest BCUT2D eigenvalue weighted by Crippen LogP contribution is 2.45. The first kappa shape index (κ1) is 33.8. The molecule has 1 aromatic heterocycles. The molecule has 11 heteroatoms. The molecule has 3 aliphatic rings. The normalized spacial score (nSPS) is 22.7. The van der Waals surface area contributed by atoms with E-state index < -0.39 is 44.1 Å². The Morgan fingerprint density at radius 2 is 1.59 bits per heavy atom. The van der Waals surface area contributed by atoms with E-state index in [1.54, 1.807) is 13.8 Å². The number of rotatable bonds is 9. The van der Waals surface area contributed by atoms with Crippen LogP contribution in [0.2, 0.25) is 0 Å². The van der Waals surface area contributed by atoms with Crippen LogP contribution in [0.25, 0.3) is 11.0 Å². The smallest absolute Gasteiger partial charge is 0.259 e. The molecule has 7 rings (SSSR count). The number of aromatic nitrogens is 2. The van der Waals surface area contributed by atoms with Crippen LogP contribution in [-0.4, -0.2) is 71.4 Å². The molecule has 4 aromatic rings. The number of halogens is 2. The summed E-state index contributed by atoms with van der Waals surface area (Å²) in [5.74, 6) is -2.16. The molecule has 0 aliphatic carbocycles. The van der Waals surface area contributed by atoms with Crippen LogP contribution in [0.3, 0.4) is 0 Å². The second kappa shape index (κ2) is 13.2. The first-order valence-electron chi connectivity index (χ1n) is 17.5. The van der Waals surface area contributed by atoms with Gasteiger partial charge < -0.3 is 9.47 Å². The number of carbonyl (C=O) groups is 1. The number of sulfonamides is 1. The number of piperidine rings is 2. The van der Waals surface area contributed by atoms with E-state index in [4.69, 9.17) is 4.98 Å². The average Bonchev–Trinajstić information content (AvgIpc) is 3.53. The van der Waals surface area contributed by atoms with Crippen molar-refractivity contribution in [2.24, 2.45) is 0 Å².